The van der Waals surface area contributed by atoms with E-state index in [-0.39, 0.29) is 0 Å². The van der Waals surface area contributed by atoms with Gasteiger partial charge in [-0.3, -0.25) is 9.69 Å². The summed E-state index contributed by atoms with van der Waals surface area (Å²) in [5, 5.41) is 0. The molecule has 0 aromatic heterocycles. The van der Waals surface area contributed by atoms with E-state index in [0.717, 1.165) is 19.4 Å². The van der Waals surface area contributed by atoms with Crippen molar-refractivity contribution in [1.82, 2.24) is 4.90 Å². The van der Waals surface area contributed by atoms with Crippen LogP contribution in [0.1, 0.15) is 46.5 Å². The largest absolute Gasteiger partial charge is 0.298 e. The van der Waals surface area contributed by atoms with Crippen molar-refractivity contribution < 1.29 is 4.79 Å². The van der Waals surface area contributed by atoms with Crippen LogP contribution >= 0.6 is 0 Å². The van der Waals surface area contributed by atoms with Crippen LogP contribution in [-0.4, -0.2) is 29.8 Å². The fourth-order valence-electron chi connectivity index (χ4n) is 2.24. The molecule has 0 bridgehead atoms. The minimum absolute atomic E-state index is 0.378. The van der Waals surface area contributed by atoms with Crippen LogP contribution in [0.15, 0.2) is 0 Å². The highest BCUT2D eigenvalue weighted by Crippen LogP contribution is 2.25. The number of Topliss-reactive ketones (excluding diaryl/α,β-unsaturated/α-hetero) is 1. The quantitative estimate of drug-likeness (QED) is 0.675. The van der Waals surface area contributed by atoms with Crippen molar-refractivity contribution in [3.8, 4) is 0 Å². The van der Waals surface area contributed by atoms with Crippen LogP contribution in [-0.2, 0) is 4.79 Å². The monoisotopic (exact) mass is 197 g/mol. The molecule has 0 amide bonds. The van der Waals surface area contributed by atoms with Crippen LogP contribution < -0.4 is 0 Å². The van der Waals surface area contributed by atoms with Gasteiger partial charge in [0.2, 0.25) is 0 Å². The van der Waals surface area contributed by atoms with Crippen molar-refractivity contribution in [2.45, 2.75) is 52.5 Å². The minimum atomic E-state index is 0.378. The van der Waals surface area contributed by atoms with E-state index in [1.165, 1.54) is 12.8 Å². The zero-order valence-corrected chi connectivity index (χ0v) is 9.75. The Morgan fingerprint density at radius 2 is 1.93 bits per heavy atom. The number of carbonyl (C=O) groups is 1. The molecule has 1 saturated carbocycles. The number of carbonyl (C=O) groups excluding carboxylic acids is 1. The summed E-state index contributed by atoms with van der Waals surface area (Å²) in [4.78, 5) is 14.1. The van der Waals surface area contributed by atoms with Gasteiger partial charge >= 0.3 is 0 Å². The summed E-state index contributed by atoms with van der Waals surface area (Å²) in [7, 11) is 0. The molecule has 82 valence electrons. The predicted molar refractivity (Wildman–Crippen MR) is 59.3 cm³/mol. The third-order valence-electron chi connectivity index (χ3n) is 3.31. The van der Waals surface area contributed by atoms with Crippen molar-refractivity contribution in [2.24, 2.45) is 5.92 Å². The van der Waals surface area contributed by atoms with Gasteiger partial charge in [-0.25, -0.2) is 0 Å². The normalized spacial score (nSPS) is 18.4. The molecule has 0 aromatic carbocycles. The van der Waals surface area contributed by atoms with E-state index in [9.17, 15) is 4.79 Å². The van der Waals surface area contributed by atoms with Gasteiger partial charge < -0.3 is 0 Å². The van der Waals surface area contributed by atoms with Crippen LogP contribution in [0.5, 0.6) is 0 Å². The van der Waals surface area contributed by atoms with Crippen molar-refractivity contribution in [2.75, 3.05) is 13.1 Å². The summed E-state index contributed by atoms with van der Waals surface area (Å²) in [5.74, 6) is 0.848. The second-order valence-electron chi connectivity index (χ2n) is 4.60. The van der Waals surface area contributed by atoms with E-state index in [4.69, 9.17) is 0 Å². The summed E-state index contributed by atoms with van der Waals surface area (Å²) in [6.07, 6.45) is 4.78. The molecule has 1 aliphatic carbocycles. The van der Waals surface area contributed by atoms with Crippen molar-refractivity contribution in [3.63, 3.8) is 0 Å². The van der Waals surface area contributed by atoms with E-state index in [1.807, 2.05) is 0 Å². The molecule has 0 aromatic rings. The highest BCUT2D eigenvalue weighted by atomic mass is 16.1. The topological polar surface area (TPSA) is 20.3 Å². The number of likely N-dealkylation sites (N-methyl/N-ethyl adjacent to an activating group) is 1. The van der Waals surface area contributed by atoms with Crippen molar-refractivity contribution >= 4 is 5.78 Å². The first-order valence-corrected chi connectivity index (χ1v) is 5.92. The Bertz CT molecular complexity index is 183. The lowest BCUT2D eigenvalue weighted by molar-refractivity contribution is -0.124. The lowest BCUT2D eigenvalue weighted by Crippen LogP contribution is -2.37. The average molecular weight is 197 g/mol. The lowest BCUT2D eigenvalue weighted by atomic mass is 10.0. The Morgan fingerprint density at radius 3 is 2.36 bits per heavy atom. The van der Waals surface area contributed by atoms with Crippen molar-refractivity contribution in [3.05, 3.63) is 0 Å². The lowest BCUT2D eigenvalue weighted by Gasteiger charge is -2.25. The van der Waals surface area contributed by atoms with Gasteiger partial charge in [0.05, 0.1) is 6.54 Å². The van der Waals surface area contributed by atoms with Gasteiger partial charge in [0.25, 0.3) is 0 Å². The van der Waals surface area contributed by atoms with Gasteiger partial charge in [-0.1, -0.05) is 19.8 Å². The molecule has 14 heavy (non-hydrogen) atoms. The molecule has 0 atom stereocenters. The molecule has 0 unspecified atom stereocenters. The summed E-state index contributed by atoms with van der Waals surface area (Å²) < 4.78 is 0. The number of hydrogen-bond donors (Lipinski definition) is 0. The maximum absolute atomic E-state index is 11.9. The second kappa shape index (κ2) is 5.50. The molecule has 0 N–H and O–H groups in total. The van der Waals surface area contributed by atoms with Crippen molar-refractivity contribution in [1.29, 1.82) is 0 Å². The molecule has 0 heterocycles. The molecular weight excluding hydrogens is 174 g/mol. The molecular formula is C12H23NO. The van der Waals surface area contributed by atoms with Crippen LogP contribution in [0.25, 0.3) is 0 Å². The van der Waals surface area contributed by atoms with E-state index in [0.29, 0.717) is 24.3 Å². The van der Waals surface area contributed by atoms with E-state index in [2.05, 4.69) is 25.7 Å². The molecule has 1 fully saturated rings. The zero-order valence-electron chi connectivity index (χ0n) is 9.75. The number of rotatable bonds is 5. The highest BCUT2D eigenvalue weighted by Gasteiger charge is 2.24. The van der Waals surface area contributed by atoms with Gasteiger partial charge in [0.15, 0.2) is 0 Å². The van der Waals surface area contributed by atoms with E-state index < -0.39 is 0 Å². The van der Waals surface area contributed by atoms with Gasteiger partial charge in [-0.05, 0) is 33.2 Å². The third-order valence-corrected chi connectivity index (χ3v) is 3.31. The number of hydrogen-bond acceptors (Lipinski definition) is 2. The van der Waals surface area contributed by atoms with Gasteiger partial charge in [0.1, 0.15) is 5.78 Å². The van der Waals surface area contributed by atoms with E-state index in [1.54, 1.807) is 0 Å². The smallest absolute Gasteiger partial charge is 0.149 e. The number of nitrogens with zero attached hydrogens (tertiary/aromatic N) is 1. The average Bonchev–Trinajstić information content (AvgIpc) is 2.65. The highest BCUT2D eigenvalue weighted by molar-refractivity contribution is 5.83. The summed E-state index contributed by atoms with van der Waals surface area (Å²) in [5.41, 5.74) is 0. The maximum Gasteiger partial charge on any atom is 0.149 e. The van der Waals surface area contributed by atoms with Gasteiger partial charge in [-0.15, -0.1) is 0 Å². The van der Waals surface area contributed by atoms with Crippen LogP contribution in [0.4, 0.5) is 0 Å². The van der Waals surface area contributed by atoms with E-state index >= 15 is 0 Å². The number of ketones is 1. The molecule has 1 aliphatic rings. The van der Waals surface area contributed by atoms with Gasteiger partial charge in [-0.2, -0.15) is 0 Å². The van der Waals surface area contributed by atoms with Crippen LogP contribution in [0, 0.1) is 5.92 Å². The molecule has 0 radical (unpaired) electrons. The third kappa shape index (κ3) is 3.09. The summed E-state index contributed by atoms with van der Waals surface area (Å²) in [6, 6.07) is 0.491. The van der Waals surface area contributed by atoms with Crippen LogP contribution in [0.3, 0.4) is 0 Å². The maximum atomic E-state index is 11.9. The fourth-order valence-corrected chi connectivity index (χ4v) is 2.24. The molecule has 2 nitrogen and oxygen atoms in total. The Labute approximate surface area is 87.7 Å². The Morgan fingerprint density at radius 1 is 1.36 bits per heavy atom. The van der Waals surface area contributed by atoms with Crippen LogP contribution in [0.2, 0.25) is 0 Å². The Kier molecular flexibility index (Phi) is 4.59. The molecule has 0 aliphatic heterocycles. The van der Waals surface area contributed by atoms with Gasteiger partial charge in [0, 0.05) is 12.0 Å². The summed E-state index contributed by atoms with van der Waals surface area (Å²) in [6.45, 7) is 8.09. The predicted octanol–water partition coefficient (Wildman–Crippen LogP) is 2.48. The molecule has 0 spiro atoms. The first kappa shape index (κ1) is 11.7. The Hall–Kier alpha value is -0.370. The summed E-state index contributed by atoms with van der Waals surface area (Å²) >= 11 is 0. The molecule has 0 saturated heterocycles. The standard InChI is InChI=1S/C12H23NO/c1-4-13(10(2)3)9-12(14)11-7-5-6-8-11/h10-11H,4-9H2,1-3H3. The first-order valence-electron chi connectivity index (χ1n) is 5.92. The SMILES string of the molecule is CCN(CC(=O)C1CCCC1)C(C)C. The fraction of sp³-hybridized carbons (Fsp3) is 0.917. The molecule has 2 heteroatoms. The first-order chi connectivity index (χ1) is 6.65. The Balaban J connectivity index is 2.37. The second-order valence-corrected chi connectivity index (χ2v) is 4.60. The zero-order chi connectivity index (χ0) is 10.6. The molecule has 1 rings (SSSR count). The minimum Gasteiger partial charge on any atom is -0.298 e.